The summed E-state index contributed by atoms with van der Waals surface area (Å²) >= 11 is 1.38. The van der Waals surface area contributed by atoms with Gasteiger partial charge < -0.3 is 15.8 Å². The second-order valence-corrected chi connectivity index (χ2v) is 8.05. The molecule has 0 bridgehead atoms. The van der Waals surface area contributed by atoms with E-state index in [9.17, 15) is 9.59 Å². The monoisotopic (exact) mass is 408 g/mol. The van der Waals surface area contributed by atoms with E-state index in [2.05, 4.69) is 5.32 Å². The highest BCUT2D eigenvalue weighted by molar-refractivity contribution is 7.17. The lowest BCUT2D eigenvalue weighted by Gasteiger charge is -2.15. The van der Waals surface area contributed by atoms with Crippen LogP contribution in [0.2, 0.25) is 0 Å². The molecule has 1 atom stereocenters. The average molecular weight is 409 g/mol. The lowest BCUT2D eigenvalue weighted by molar-refractivity contribution is -0.122. The minimum absolute atomic E-state index is 0.332. The molecule has 0 aliphatic rings. The summed E-state index contributed by atoms with van der Waals surface area (Å²) in [6.45, 7) is 5.49. The Balaban J connectivity index is 1.79. The molecule has 1 aromatic heterocycles. The number of rotatable bonds is 7. The molecule has 1 heterocycles. The molecule has 3 rings (SSSR count). The Bertz CT molecular complexity index is 1030. The summed E-state index contributed by atoms with van der Waals surface area (Å²) in [5.74, 6) is -0.267. The smallest absolute Gasteiger partial charge is 0.265 e. The van der Waals surface area contributed by atoms with Gasteiger partial charge in [0.05, 0.1) is 5.56 Å². The summed E-state index contributed by atoms with van der Waals surface area (Å²) in [5, 5.41) is 3.29. The van der Waals surface area contributed by atoms with Crippen molar-refractivity contribution in [3.05, 3.63) is 81.7 Å². The molecule has 0 spiro atoms. The third kappa shape index (κ3) is 5.03. The minimum atomic E-state index is -0.725. The van der Waals surface area contributed by atoms with Gasteiger partial charge in [-0.15, -0.1) is 11.3 Å². The fourth-order valence-corrected chi connectivity index (χ4v) is 4.30. The van der Waals surface area contributed by atoms with Crippen molar-refractivity contribution in [1.82, 2.24) is 0 Å². The summed E-state index contributed by atoms with van der Waals surface area (Å²) in [5.41, 5.74) is 8.93. The number of nitrogens with one attached hydrogen (secondary N) is 1. The van der Waals surface area contributed by atoms with Crippen molar-refractivity contribution in [3.8, 4) is 5.75 Å². The zero-order chi connectivity index (χ0) is 21.0. The summed E-state index contributed by atoms with van der Waals surface area (Å²) in [6, 6.07) is 17.5. The fourth-order valence-electron chi connectivity index (χ4n) is 3.05. The zero-order valence-corrected chi connectivity index (χ0v) is 17.5. The van der Waals surface area contributed by atoms with Crippen LogP contribution in [-0.4, -0.2) is 17.9 Å². The number of nitrogens with two attached hydrogens (primary N) is 1. The van der Waals surface area contributed by atoms with Gasteiger partial charge in [0.1, 0.15) is 10.8 Å². The number of carbonyl (C=O) groups is 2. The van der Waals surface area contributed by atoms with E-state index in [-0.39, 0.29) is 5.91 Å². The van der Waals surface area contributed by atoms with Gasteiger partial charge in [-0.3, -0.25) is 9.59 Å². The predicted molar refractivity (Wildman–Crippen MR) is 117 cm³/mol. The molecule has 2 amide bonds. The molecule has 3 aromatic rings. The topological polar surface area (TPSA) is 81.4 Å². The van der Waals surface area contributed by atoms with Crippen LogP contribution in [0, 0.1) is 13.8 Å². The summed E-state index contributed by atoms with van der Waals surface area (Å²) < 4.78 is 5.74. The first-order valence-electron chi connectivity index (χ1n) is 9.35. The Kier molecular flexibility index (Phi) is 6.34. The predicted octanol–water partition coefficient (Wildman–Crippen LogP) is 4.46. The van der Waals surface area contributed by atoms with Gasteiger partial charge >= 0.3 is 0 Å². The molecule has 29 heavy (non-hydrogen) atoms. The van der Waals surface area contributed by atoms with Crippen molar-refractivity contribution in [3.63, 3.8) is 0 Å². The van der Waals surface area contributed by atoms with E-state index in [0.717, 1.165) is 21.6 Å². The largest absolute Gasteiger partial charge is 0.481 e. The molecule has 0 saturated heterocycles. The van der Waals surface area contributed by atoms with Crippen LogP contribution in [0.25, 0.3) is 0 Å². The van der Waals surface area contributed by atoms with E-state index in [1.165, 1.54) is 11.3 Å². The first kappa shape index (κ1) is 20.6. The summed E-state index contributed by atoms with van der Waals surface area (Å²) in [7, 11) is 0. The van der Waals surface area contributed by atoms with E-state index in [1.807, 2.05) is 62.4 Å². The van der Waals surface area contributed by atoms with Crippen LogP contribution in [-0.2, 0) is 11.2 Å². The second kappa shape index (κ2) is 8.92. The lowest BCUT2D eigenvalue weighted by atomic mass is 10.1. The number of benzene rings is 2. The van der Waals surface area contributed by atoms with E-state index in [0.29, 0.717) is 22.7 Å². The van der Waals surface area contributed by atoms with E-state index >= 15 is 0 Å². The van der Waals surface area contributed by atoms with Crippen LogP contribution in [0.4, 0.5) is 5.00 Å². The third-order valence-corrected chi connectivity index (χ3v) is 5.82. The number of anilines is 1. The number of aryl methyl sites for hydroxylation is 1. The molecule has 0 radical (unpaired) electrons. The molecule has 5 nitrogen and oxygen atoms in total. The number of hydrogen-bond acceptors (Lipinski definition) is 4. The molecule has 1 unspecified atom stereocenters. The number of thiophene rings is 1. The van der Waals surface area contributed by atoms with Gasteiger partial charge in [0, 0.05) is 11.3 Å². The van der Waals surface area contributed by atoms with Crippen LogP contribution in [0.3, 0.4) is 0 Å². The minimum Gasteiger partial charge on any atom is -0.481 e. The number of amides is 2. The molecule has 0 aliphatic heterocycles. The normalized spacial score (nSPS) is 11.7. The highest BCUT2D eigenvalue weighted by Gasteiger charge is 2.23. The van der Waals surface area contributed by atoms with E-state index in [1.54, 1.807) is 13.0 Å². The maximum Gasteiger partial charge on any atom is 0.265 e. The van der Waals surface area contributed by atoms with Crippen LogP contribution in [0.15, 0.2) is 54.6 Å². The van der Waals surface area contributed by atoms with Crippen molar-refractivity contribution in [2.24, 2.45) is 5.73 Å². The van der Waals surface area contributed by atoms with Crippen LogP contribution in [0.5, 0.6) is 5.75 Å². The third-order valence-electron chi connectivity index (χ3n) is 4.61. The molecule has 0 fully saturated rings. The Morgan fingerprint density at radius 1 is 1.10 bits per heavy atom. The van der Waals surface area contributed by atoms with Gasteiger partial charge in [0.2, 0.25) is 0 Å². The van der Waals surface area contributed by atoms with Crippen molar-refractivity contribution in [2.45, 2.75) is 33.3 Å². The maximum absolute atomic E-state index is 12.7. The Morgan fingerprint density at radius 3 is 2.48 bits per heavy atom. The summed E-state index contributed by atoms with van der Waals surface area (Å²) in [4.78, 5) is 25.7. The van der Waals surface area contributed by atoms with Gasteiger partial charge in [0.15, 0.2) is 6.10 Å². The van der Waals surface area contributed by atoms with Gasteiger partial charge in [0.25, 0.3) is 11.8 Å². The second-order valence-electron chi connectivity index (χ2n) is 6.95. The zero-order valence-electron chi connectivity index (χ0n) is 16.7. The molecule has 2 aromatic carbocycles. The lowest BCUT2D eigenvalue weighted by Crippen LogP contribution is -2.30. The SMILES string of the molecule is Cc1cccc(OC(C)C(=O)Nc2sc(Cc3ccccc3)c(C)c2C(N)=O)c1. The molecular formula is C23H24N2O3S. The summed E-state index contributed by atoms with van der Waals surface area (Å²) in [6.07, 6.45) is -0.0551. The van der Waals surface area contributed by atoms with Crippen LogP contribution >= 0.6 is 11.3 Å². The van der Waals surface area contributed by atoms with Gasteiger partial charge in [-0.05, 0) is 49.6 Å². The van der Waals surface area contributed by atoms with Crippen molar-refractivity contribution < 1.29 is 14.3 Å². The standard InChI is InChI=1S/C23H24N2O3S/c1-14-8-7-11-18(12-14)28-16(3)22(27)25-23-20(21(24)26)15(2)19(29-23)13-17-9-5-4-6-10-17/h4-12,16H,13H2,1-3H3,(H2,24,26)(H,25,27). The van der Waals surface area contributed by atoms with E-state index < -0.39 is 12.0 Å². The molecular weight excluding hydrogens is 384 g/mol. The fraction of sp³-hybridized carbons (Fsp3) is 0.217. The highest BCUT2D eigenvalue weighted by atomic mass is 32.1. The molecule has 3 N–H and O–H groups in total. The quantitative estimate of drug-likeness (QED) is 0.606. The highest BCUT2D eigenvalue weighted by Crippen LogP contribution is 2.34. The average Bonchev–Trinajstić information content (AvgIpc) is 2.97. The van der Waals surface area contributed by atoms with Crippen molar-refractivity contribution >= 4 is 28.2 Å². The Morgan fingerprint density at radius 2 is 1.83 bits per heavy atom. The first-order valence-corrected chi connectivity index (χ1v) is 10.2. The number of primary amides is 1. The van der Waals surface area contributed by atoms with Crippen LogP contribution in [0.1, 0.15) is 38.8 Å². The number of hydrogen-bond donors (Lipinski definition) is 2. The Labute approximate surface area is 174 Å². The van der Waals surface area contributed by atoms with Crippen molar-refractivity contribution in [2.75, 3.05) is 5.32 Å². The van der Waals surface area contributed by atoms with Crippen molar-refractivity contribution in [1.29, 1.82) is 0 Å². The molecule has 150 valence electrons. The molecule has 6 heteroatoms. The van der Waals surface area contributed by atoms with Gasteiger partial charge in [-0.1, -0.05) is 42.5 Å². The van der Waals surface area contributed by atoms with E-state index in [4.69, 9.17) is 10.5 Å². The van der Waals surface area contributed by atoms with Gasteiger partial charge in [-0.25, -0.2) is 0 Å². The first-order chi connectivity index (χ1) is 13.8. The maximum atomic E-state index is 12.7. The van der Waals surface area contributed by atoms with Crippen LogP contribution < -0.4 is 15.8 Å². The molecule has 0 aliphatic carbocycles. The number of carbonyl (C=O) groups excluding carboxylic acids is 2. The molecule has 0 saturated carbocycles. The van der Waals surface area contributed by atoms with Gasteiger partial charge in [-0.2, -0.15) is 0 Å². The Hall–Kier alpha value is -3.12. The number of ether oxygens (including phenoxy) is 1.